The van der Waals surface area contributed by atoms with Gasteiger partial charge in [0.15, 0.2) is 0 Å². The predicted octanol–water partition coefficient (Wildman–Crippen LogP) is 0.880. The van der Waals surface area contributed by atoms with Crippen molar-refractivity contribution in [2.45, 2.75) is 25.8 Å². The third-order valence-corrected chi connectivity index (χ3v) is 1.95. The van der Waals surface area contributed by atoms with E-state index in [1.165, 1.54) is 0 Å². The first kappa shape index (κ1) is 7.61. The number of hydrogen-bond acceptors (Lipinski definition) is 2. The van der Waals surface area contributed by atoms with Gasteiger partial charge in [0.05, 0.1) is 0 Å². The van der Waals surface area contributed by atoms with E-state index in [1.54, 1.807) is 0 Å². The van der Waals surface area contributed by atoms with E-state index in [0.717, 1.165) is 12.8 Å². The smallest absolute Gasteiger partial charge is 0.0494 e. The summed E-state index contributed by atoms with van der Waals surface area (Å²) in [5.74, 6) is 0.373. The number of rotatable bonds is 1. The average Bonchev–Trinajstić information content (AvgIpc) is 2.14. The molecule has 0 saturated carbocycles. The van der Waals surface area contributed by atoms with Crippen LogP contribution in [0.4, 0.5) is 0 Å². The summed E-state index contributed by atoms with van der Waals surface area (Å²) in [6, 6.07) is 0.563. The van der Waals surface area contributed by atoms with E-state index in [4.69, 9.17) is 5.11 Å². The van der Waals surface area contributed by atoms with Gasteiger partial charge in [-0.3, -0.25) is 0 Å². The summed E-state index contributed by atoms with van der Waals surface area (Å²) in [7, 11) is 0. The highest BCUT2D eigenvalue weighted by molar-refractivity contribution is 4.91. The molecule has 1 unspecified atom stereocenters. The minimum absolute atomic E-state index is 0.283. The van der Waals surface area contributed by atoms with Crippen LogP contribution in [0.3, 0.4) is 0 Å². The zero-order chi connectivity index (χ0) is 7.40. The van der Waals surface area contributed by atoms with Crippen molar-refractivity contribution >= 4 is 0 Å². The zero-order valence-electron chi connectivity index (χ0n) is 6.38. The van der Waals surface area contributed by atoms with Crippen molar-refractivity contribution in [1.82, 2.24) is 5.32 Å². The summed E-state index contributed by atoms with van der Waals surface area (Å²) in [5.41, 5.74) is 0. The SMILES string of the molecule is C[C@@H]1CCC(CO)C=CN1. The maximum absolute atomic E-state index is 8.82. The summed E-state index contributed by atoms with van der Waals surface area (Å²) in [6.07, 6.45) is 6.25. The molecule has 0 aromatic heterocycles. The lowest BCUT2D eigenvalue weighted by molar-refractivity contribution is 0.244. The van der Waals surface area contributed by atoms with Gasteiger partial charge in [-0.05, 0) is 26.0 Å². The fourth-order valence-electron chi connectivity index (χ4n) is 1.15. The van der Waals surface area contributed by atoms with E-state index in [0.29, 0.717) is 12.0 Å². The van der Waals surface area contributed by atoms with Crippen molar-refractivity contribution in [3.8, 4) is 0 Å². The van der Waals surface area contributed by atoms with Crippen LogP contribution < -0.4 is 5.32 Å². The van der Waals surface area contributed by atoms with Crippen LogP contribution >= 0.6 is 0 Å². The Bertz CT molecular complexity index is 122. The number of hydrogen-bond donors (Lipinski definition) is 2. The second kappa shape index (κ2) is 3.62. The normalized spacial score (nSPS) is 33.0. The lowest BCUT2D eigenvalue weighted by Crippen LogP contribution is -2.18. The van der Waals surface area contributed by atoms with Crippen molar-refractivity contribution in [3.63, 3.8) is 0 Å². The summed E-state index contributed by atoms with van der Waals surface area (Å²) in [4.78, 5) is 0. The van der Waals surface area contributed by atoms with Gasteiger partial charge in [0.25, 0.3) is 0 Å². The summed E-state index contributed by atoms with van der Waals surface area (Å²) < 4.78 is 0. The van der Waals surface area contributed by atoms with Gasteiger partial charge < -0.3 is 10.4 Å². The molecule has 0 fully saturated rings. The van der Waals surface area contributed by atoms with Crippen LogP contribution in [-0.4, -0.2) is 17.8 Å². The van der Waals surface area contributed by atoms with Gasteiger partial charge >= 0.3 is 0 Å². The molecule has 10 heavy (non-hydrogen) atoms. The Morgan fingerprint density at radius 3 is 3.10 bits per heavy atom. The molecular formula is C8H15NO. The molecule has 0 aliphatic carbocycles. The van der Waals surface area contributed by atoms with E-state index in [1.807, 2.05) is 12.3 Å². The van der Waals surface area contributed by atoms with Crippen LogP contribution in [0, 0.1) is 5.92 Å². The lowest BCUT2D eigenvalue weighted by Gasteiger charge is -2.08. The molecule has 0 saturated heterocycles. The standard InChI is InChI=1S/C8H15NO/c1-7-2-3-8(6-10)4-5-9-7/h4-5,7-10H,2-3,6H2,1H3/t7-,8?/m1/s1. The highest BCUT2D eigenvalue weighted by atomic mass is 16.3. The third kappa shape index (κ3) is 2.03. The molecule has 2 atom stereocenters. The maximum Gasteiger partial charge on any atom is 0.0494 e. The Balaban J connectivity index is 2.38. The Hall–Kier alpha value is -0.500. The predicted molar refractivity (Wildman–Crippen MR) is 41.5 cm³/mol. The molecule has 2 N–H and O–H groups in total. The van der Waals surface area contributed by atoms with Crippen molar-refractivity contribution < 1.29 is 5.11 Å². The number of aliphatic hydroxyl groups is 1. The van der Waals surface area contributed by atoms with E-state index < -0.39 is 0 Å². The van der Waals surface area contributed by atoms with E-state index in [2.05, 4.69) is 12.2 Å². The van der Waals surface area contributed by atoms with E-state index >= 15 is 0 Å². The quantitative estimate of drug-likeness (QED) is 0.568. The Morgan fingerprint density at radius 1 is 1.60 bits per heavy atom. The fraction of sp³-hybridized carbons (Fsp3) is 0.750. The molecule has 1 heterocycles. The second-order valence-electron chi connectivity index (χ2n) is 2.95. The first-order chi connectivity index (χ1) is 4.83. The highest BCUT2D eigenvalue weighted by Crippen LogP contribution is 2.12. The number of aliphatic hydroxyl groups excluding tert-OH is 1. The summed E-state index contributed by atoms with van der Waals surface area (Å²) >= 11 is 0. The largest absolute Gasteiger partial charge is 0.396 e. The third-order valence-electron chi connectivity index (χ3n) is 1.95. The van der Waals surface area contributed by atoms with Gasteiger partial charge in [-0.15, -0.1) is 0 Å². The van der Waals surface area contributed by atoms with Crippen LogP contribution in [0.2, 0.25) is 0 Å². The van der Waals surface area contributed by atoms with E-state index in [9.17, 15) is 0 Å². The number of nitrogens with one attached hydrogen (secondary N) is 1. The average molecular weight is 141 g/mol. The molecule has 0 aromatic rings. The monoisotopic (exact) mass is 141 g/mol. The molecule has 2 nitrogen and oxygen atoms in total. The van der Waals surface area contributed by atoms with Crippen LogP contribution in [0.25, 0.3) is 0 Å². The molecule has 0 amide bonds. The van der Waals surface area contributed by atoms with Crippen LogP contribution in [0.1, 0.15) is 19.8 Å². The summed E-state index contributed by atoms with van der Waals surface area (Å²) in [6.45, 7) is 2.44. The van der Waals surface area contributed by atoms with Crippen molar-refractivity contribution in [3.05, 3.63) is 12.3 Å². The molecular weight excluding hydrogens is 126 g/mol. The van der Waals surface area contributed by atoms with Gasteiger partial charge in [0, 0.05) is 18.6 Å². The first-order valence-electron chi connectivity index (χ1n) is 3.86. The fourth-order valence-corrected chi connectivity index (χ4v) is 1.15. The molecule has 2 heteroatoms. The molecule has 1 aliphatic rings. The molecule has 0 radical (unpaired) electrons. The van der Waals surface area contributed by atoms with Gasteiger partial charge in [-0.2, -0.15) is 0 Å². The highest BCUT2D eigenvalue weighted by Gasteiger charge is 2.09. The lowest BCUT2D eigenvalue weighted by atomic mass is 10.0. The minimum Gasteiger partial charge on any atom is -0.396 e. The van der Waals surface area contributed by atoms with Gasteiger partial charge in [0.1, 0.15) is 0 Å². The van der Waals surface area contributed by atoms with Crippen molar-refractivity contribution in [1.29, 1.82) is 0 Å². The molecule has 0 spiro atoms. The van der Waals surface area contributed by atoms with Crippen LogP contribution in [0.5, 0.6) is 0 Å². The van der Waals surface area contributed by atoms with Crippen molar-refractivity contribution in [2.24, 2.45) is 5.92 Å². The molecule has 0 aromatic carbocycles. The van der Waals surface area contributed by atoms with E-state index in [-0.39, 0.29) is 6.61 Å². The van der Waals surface area contributed by atoms with Crippen LogP contribution in [0.15, 0.2) is 12.3 Å². The minimum atomic E-state index is 0.283. The second-order valence-corrected chi connectivity index (χ2v) is 2.95. The molecule has 58 valence electrons. The Morgan fingerprint density at radius 2 is 2.40 bits per heavy atom. The topological polar surface area (TPSA) is 32.3 Å². The van der Waals surface area contributed by atoms with Gasteiger partial charge in [-0.1, -0.05) is 6.08 Å². The van der Waals surface area contributed by atoms with Gasteiger partial charge in [-0.25, -0.2) is 0 Å². The Kier molecular flexibility index (Phi) is 2.75. The molecule has 1 rings (SSSR count). The Labute approximate surface area is 61.9 Å². The maximum atomic E-state index is 8.82. The molecule has 1 aliphatic heterocycles. The van der Waals surface area contributed by atoms with Gasteiger partial charge in [0.2, 0.25) is 0 Å². The van der Waals surface area contributed by atoms with Crippen molar-refractivity contribution in [2.75, 3.05) is 6.61 Å². The first-order valence-corrected chi connectivity index (χ1v) is 3.86. The summed E-state index contributed by atoms with van der Waals surface area (Å²) in [5, 5.41) is 12.0. The molecule has 0 bridgehead atoms. The van der Waals surface area contributed by atoms with Crippen LogP contribution in [-0.2, 0) is 0 Å². The zero-order valence-corrected chi connectivity index (χ0v) is 6.38.